The molecule has 0 spiro atoms. The first-order chi connectivity index (χ1) is 15.6. The Bertz CT molecular complexity index is 1180. The molecule has 1 aromatic heterocycles. The molecular formula is C25H26N4O2S. The van der Waals surface area contributed by atoms with E-state index in [2.05, 4.69) is 14.9 Å². The number of H-pyrrole nitrogens is 1. The number of para-hydroxylation sites is 1. The zero-order valence-corrected chi connectivity index (χ0v) is 18.5. The molecule has 3 aromatic carbocycles. The van der Waals surface area contributed by atoms with Gasteiger partial charge in [0.25, 0.3) is 0 Å². The Morgan fingerprint density at radius 1 is 0.750 bits per heavy atom. The highest BCUT2D eigenvalue weighted by Crippen LogP contribution is 2.20. The summed E-state index contributed by atoms with van der Waals surface area (Å²) in [5, 5.41) is 0. The summed E-state index contributed by atoms with van der Waals surface area (Å²) in [5.41, 5.74) is 2.94. The van der Waals surface area contributed by atoms with E-state index >= 15 is 0 Å². The molecule has 0 unspecified atom stereocenters. The minimum absolute atomic E-state index is 0.302. The number of nitrogens with one attached hydrogen (secondary N) is 1. The van der Waals surface area contributed by atoms with Crippen LogP contribution in [0.4, 0.5) is 5.69 Å². The number of imidazole rings is 1. The highest BCUT2D eigenvalue weighted by Gasteiger charge is 2.25. The van der Waals surface area contributed by atoms with Crippen LogP contribution in [0.2, 0.25) is 0 Å². The van der Waals surface area contributed by atoms with E-state index in [0.29, 0.717) is 31.1 Å². The molecule has 1 heterocycles. The third-order valence-electron chi connectivity index (χ3n) is 5.24. The first-order valence-electron chi connectivity index (χ1n) is 10.5. The number of hydrogen-bond acceptors (Lipinski definition) is 4. The molecule has 1 N–H and O–H groups in total. The second-order valence-electron chi connectivity index (χ2n) is 7.47. The third-order valence-corrected chi connectivity index (χ3v) is 7.10. The smallest absolute Gasteiger partial charge is 0.243 e. The van der Waals surface area contributed by atoms with Crippen LogP contribution in [0, 0.1) is 0 Å². The maximum Gasteiger partial charge on any atom is 0.243 e. The van der Waals surface area contributed by atoms with Crippen molar-refractivity contribution in [2.24, 2.45) is 0 Å². The molecule has 0 aliphatic carbocycles. The van der Waals surface area contributed by atoms with E-state index in [1.165, 1.54) is 0 Å². The van der Waals surface area contributed by atoms with Crippen LogP contribution in [-0.2, 0) is 23.1 Å². The minimum atomic E-state index is -3.65. The van der Waals surface area contributed by atoms with Crippen LogP contribution < -0.4 is 4.90 Å². The number of hydrogen-bond donors (Lipinski definition) is 1. The van der Waals surface area contributed by atoms with Gasteiger partial charge >= 0.3 is 0 Å². The van der Waals surface area contributed by atoms with Crippen LogP contribution in [-0.4, -0.2) is 35.8 Å². The van der Waals surface area contributed by atoms with Gasteiger partial charge in [-0.05, 0) is 29.8 Å². The fourth-order valence-electron chi connectivity index (χ4n) is 3.56. The molecule has 0 saturated carbocycles. The van der Waals surface area contributed by atoms with Gasteiger partial charge in [-0.3, -0.25) is 0 Å². The van der Waals surface area contributed by atoms with Crippen LogP contribution in [0.15, 0.2) is 108 Å². The van der Waals surface area contributed by atoms with Crippen molar-refractivity contribution in [3.8, 4) is 0 Å². The molecule has 164 valence electrons. The monoisotopic (exact) mass is 446 g/mol. The highest BCUT2D eigenvalue weighted by atomic mass is 32.2. The van der Waals surface area contributed by atoms with E-state index < -0.39 is 10.0 Å². The summed E-state index contributed by atoms with van der Waals surface area (Å²) < 4.78 is 28.5. The number of nitrogens with zero attached hydrogens (tertiary/aromatic N) is 3. The molecule has 0 saturated heterocycles. The van der Waals surface area contributed by atoms with E-state index in [1.807, 2.05) is 66.7 Å². The Hall–Kier alpha value is -3.42. The van der Waals surface area contributed by atoms with Crippen LogP contribution in [0.3, 0.4) is 0 Å². The van der Waals surface area contributed by atoms with E-state index in [0.717, 1.165) is 16.9 Å². The number of benzene rings is 3. The van der Waals surface area contributed by atoms with Crippen LogP contribution in [0.5, 0.6) is 0 Å². The summed E-state index contributed by atoms with van der Waals surface area (Å²) in [4.78, 5) is 9.71. The van der Waals surface area contributed by atoms with Crippen molar-refractivity contribution >= 4 is 15.7 Å². The lowest BCUT2D eigenvalue weighted by Gasteiger charge is -2.29. The Morgan fingerprint density at radius 2 is 1.38 bits per heavy atom. The predicted octanol–water partition coefficient (Wildman–Crippen LogP) is 4.31. The quantitative estimate of drug-likeness (QED) is 0.394. The van der Waals surface area contributed by atoms with Crippen molar-refractivity contribution in [3.63, 3.8) is 0 Å². The summed E-state index contributed by atoms with van der Waals surface area (Å²) in [7, 11) is -3.65. The van der Waals surface area contributed by atoms with Crippen LogP contribution in [0.1, 0.15) is 11.3 Å². The normalized spacial score (nSPS) is 11.5. The molecule has 32 heavy (non-hydrogen) atoms. The molecule has 0 aliphatic rings. The standard InChI is InChI=1S/C25H26N4O2S/c30-32(31,25-14-8-3-9-15-25)29(19-22-10-4-1-5-11-22)17-16-28(20-23-18-26-21-27-23)24-12-6-2-7-13-24/h1-15,18,21H,16-17,19-20H2,(H,26,27). The first kappa shape index (κ1) is 21.8. The molecule has 0 radical (unpaired) electrons. The van der Waals surface area contributed by atoms with Gasteiger partial charge in [0.15, 0.2) is 0 Å². The Balaban J connectivity index is 1.60. The fraction of sp³-hybridized carbons (Fsp3) is 0.160. The van der Waals surface area contributed by atoms with Gasteiger partial charge in [0.2, 0.25) is 10.0 Å². The SMILES string of the molecule is O=S(=O)(c1ccccc1)N(CCN(Cc1cnc[nH]1)c1ccccc1)Cc1ccccc1. The van der Waals surface area contributed by atoms with Gasteiger partial charge < -0.3 is 9.88 Å². The highest BCUT2D eigenvalue weighted by molar-refractivity contribution is 7.89. The zero-order valence-electron chi connectivity index (χ0n) is 17.7. The van der Waals surface area contributed by atoms with Crippen LogP contribution >= 0.6 is 0 Å². The van der Waals surface area contributed by atoms with Gasteiger partial charge in [-0.2, -0.15) is 4.31 Å². The molecule has 7 heteroatoms. The fourth-order valence-corrected chi connectivity index (χ4v) is 5.00. The Labute approximate surface area is 189 Å². The van der Waals surface area contributed by atoms with Crippen LogP contribution in [0.25, 0.3) is 0 Å². The number of rotatable bonds is 10. The molecule has 0 atom stereocenters. The minimum Gasteiger partial charge on any atom is -0.364 e. The lowest BCUT2D eigenvalue weighted by Crippen LogP contribution is -2.38. The van der Waals surface area contributed by atoms with Crippen molar-refractivity contribution in [2.45, 2.75) is 18.0 Å². The molecular weight excluding hydrogens is 420 g/mol. The maximum atomic E-state index is 13.5. The summed E-state index contributed by atoms with van der Waals surface area (Å²) in [5.74, 6) is 0. The Morgan fingerprint density at radius 3 is 2.00 bits per heavy atom. The van der Waals surface area contributed by atoms with E-state index in [4.69, 9.17) is 0 Å². The van der Waals surface area contributed by atoms with Crippen molar-refractivity contribution in [2.75, 3.05) is 18.0 Å². The lowest BCUT2D eigenvalue weighted by molar-refractivity contribution is 0.408. The zero-order chi connectivity index (χ0) is 22.2. The van der Waals surface area contributed by atoms with Crippen molar-refractivity contribution in [1.29, 1.82) is 0 Å². The molecule has 0 bridgehead atoms. The van der Waals surface area contributed by atoms with Gasteiger partial charge in [0.1, 0.15) is 0 Å². The third kappa shape index (κ3) is 5.43. The first-order valence-corrected chi connectivity index (χ1v) is 11.9. The summed E-state index contributed by atoms with van der Waals surface area (Å²) in [6.45, 7) is 1.79. The van der Waals surface area contributed by atoms with E-state index in [-0.39, 0.29) is 0 Å². The number of aromatic amines is 1. The molecule has 0 amide bonds. The molecule has 4 rings (SSSR count). The second kappa shape index (κ2) is 10.3. The molecule has 0 aliphatic heterocycles. The van der Waals surface area contributed by atoms with Gasteiger partial charge in [-0.15, -0.1) is 0 Å². The van der Waals surface area contributed by atoms with Crippen molar-refractivity contribution in [1.82, 2.24) is 14.3 Å². The maximum absolute atomic E-state index is 13.5. The largest absolute Gasteiger partial charge is 0.364 e. The summed E-state index contributed by atoms with van der Waals surface area (Å²) in [6.07, 6.45) is 3.44. The van der Waals surface area contributed by atoms with Gasteiger partial charge in [-0.1, -0.05) is 66.7 Å². The Kier molecular flexibility index (Phi) is 6.99. The second-order valence-corrected chi connectivity index (χ2v) is 9.41. The lowest BCUT2D eigenvalue weighted by atomic mass is 10.2. The van der Waals surface area contributed by atoms with Gasteiger partial charge in [0, 0.05) is 31.5 Å². The average molecular weight is 447 g/mol. The topological polar surface area (TPSA) is 69.3 Å². The van der Waals surface area contributed by atoms with Gasteiger partial charge in [0.05, 0.1) is 23.5 Å². The molecule has 6 nitrogen and oxygen atoms in total. The van der Waals surface area contributed by atoms with E-state index in [1.54, 1.807) is 41.1 Å². The van der Waals surface area contributed by atoms with E-state index in [9.17, 15) is 8.42 Å². The molecule has 4 aromatic rings. The van der Waals surface area contributed by atoms with Crippen molar-refractivity contribution < 1.29 is 8.42 Å². The average Bonchev–Trinajstić information content (AvgIpc) is 3.36. The number of anilines is 1. The number of aromatic nitrogens is 2. The predicted molar refractivity (Wildman–Crippen MR) is 127 cm³/mol. The number of sulfonamides is 1. The summed E-state index contributed by atoms with van der Waals surface area (Å²) in [6, 6.07) is 28.3. The summed E-state index contributed by atoms with van der Waals surface area (Å²) >= 11 is 0. The van der Waals surface area contributed by atoms with Gasteiger partial charge in [-0.25, -0.2) is 13.4 Å². The molecule has 0 fully saturated rings. The van der Waals surface area contributed by atoms with Crippen molar-refractivity contribution in [3.05, 3.63) is 115 Å².